The average Bonchev–Trinajstić information content (AvgIpc) is 3.06. The summed E-state index contributed by atoms with van der Waals surface area (Å²) >= 11 is 0. The zero-order chi connectivity index (χ0) is 20.1. The van der Waals surface area contributed by atoms with E-state index in [1.54, 1.807) is 0 Å². The molecule has 1 aliphatic heterocycles. The SMILES string of the molecule is [2H]C([2H])([2H])Oc1ccc(C2([2H])CNC(=O)C2([2H])[2H])cc1OC1([2H])CCCC1. The molecule has 108 valence electrons. The van der Waals surface area contributed by atoms with Crippen molar-refractivity contribution in [1.29, 1.82) is 0 Å². The summed E-state index contributed by atoms with van der Waals surface area (Å²) in [5, 5.41) is 2.35. The highest BCUT2D eigenvalue weighted by Crippen LogP contribution is 2.35. The molecule has 0 spiro atoms. The second-order valence-corrected chi connectivity index (χ2v) is 4.90. The van der Waals surface area contributed by atoms with E-state index < -0.39 is 31.3 Å². The van der Waals surface area contributed by atoms with Gasteiger partial charge < -0.3 is 14.8 Å². The lowest BCUT2D eigenvalue weighted by Crippen LogP contribution is -2.14. The van der Waals surface area contributed by atoms with E-state index in [0.717, 1.165) is 12.8 Å². The van der Waals surface area contributed by atoms with Crippen molar-refractivity contribution in [3.63, 3.8) is 0 Å². The van der Waals surface area contributed by atoms with Gasteiger partial charge in [0.1, 0.15) is 0 Å². The summed E-state index contributed by atoms with van der Waals surface area (Å²) in [6.07, 6.45) is -1.15. The van der Waals surface area contributed by atoms with Crippen molar-refractivity contribution in [2.45, 2.75) is 44.0 Å². The van der Waals surface area contributed by atoms with Crippen LogP contribution in [-0.2, 0) is 4.79 Å². The maximum absolute atomic E-state index is 11.8. The highest BCUT2D eigenvalue weighted by molar-refractivity contribution is 5.79. The molecule has 1 aliphatic carbocycles. The first-order valence-electron chi connectivity index (χ1n) is 10.2. The fourth-order valence-corrected chi connectivity index (χ4v) is 2.46. The molecule has 4 nitrogen and oxygen atoms in total. The third-order valence-electron chi connectivity index (χ3n) is 3.51. The number of ether oxygens (including phenoxy) is 2. The summed E-state index contributed by atoms with van der Waals surface area (Å²) in [6, 6.07) is 3.94. The largest absolute Gasteiger partial charge is 0.493 e. The maximum Gasteiger partial charge on any atom is 0.220 e. The van der Waals surface area contributed by atoms with Crippen molar-refractivity contribution in [3.8, 4) is 11.5 Å². The molecular formula is C16H21NO3. The van der Waals surface area contributed by atoms with Crippen LogP contribution in [0.5, 0.6) is 11.5 Å². The van der Waals surface area contributed by atoms with Crippen LogP contribution in [0.4, 0.5) is 0 Å². The smallest absolute Gasteiger partial charge is 0.220 e. The first kappa shape index (κ1) is 7.34. The molecular weight excluding hydrogens is 254 g/mol. The van der Waals surface area contributed by atoms with Crippen LogP contribution in [0.3, 0.4) is 0 Å². The molecule has 0 radical (unpaired) electrons. The van der Waals surface area contributed by atoms with Gasteiger partial charge in [0.15, 0.2) is 11.5 Å². The van der Waals surface area contributed by atoms with Gasteiger partial charge in [-0.1, -0.05) is 6.07 Å². The van der Waals surface area contributed by atoms with Crippen LogP contribution in [0.25, 0.3) is 0 Å². The normalized spacial score (nSPS) is 36.4. The lowest BCUT2D eigenvalue weighted by atomic mass is 9.98. The van der Waals surface area contributed by atoms with E-state index in [-0.39, 0.29) is 23.6 Å². The summed E-state index contributed by atoms with van der Waals surface area (Å²) in [5.74, 6) is -2.94. The van der Waals surface area contributed by atoms with Gasteiger partial charge in [-0.2, -0.15) is 0 Å². The molecule has 1 N–H and O–H groups in total. The Morgan fingerprint density at radius 3 is 2.95 bits per heavy atom. The zero-order valence-electron chi connectivity index (χ0n) is 18.0. The minimum Gasteiger partial charge on any atom is -0.493 e. The Kier molecular flexibility index (Phi) is 2.10. The van der Waals surface area contributed by atoms with E-state index in [0.29, 0.717) is 12.8 Å². The zero-order valence-corrected chi connectivity index (χ0v) is 11.0. The number of carbonyl (C=O) groups is 1. The summed E-state index contributed by atoms with van der Waals surface area (Å²) < 4.78 is 65.5. The van der Waals surface area contributed by atoms with Crippen LogP contribution < -0.4 is 14.8 Å². The Labute approximate surface area is 129 Å². The standard InChI is InChI=1S/C16H21NO3/c1-19-14-7-6-11(12-9-16(18)17-10-12)8-15(14)20-13-4-2-3-5-13/h6-8,12-13H,2-5,9-10H2,1H3,(H,17,18)/i1D3,9D2,12D,13D. The van der Waals surface area contributed by atoms with E-state index in [1.807, 2.05) is 0 Å². The molecule has 1 saturated heterocycles. The molecule has 1 heterocycles. The molecule has 0 aromatic heterocycles. The topological polar surface area (TPSA) is 47.6 Å². The minimum atomic E-state index is -2.73. The monoisotopic (exact) mass is 282 g/mol. The molecule has 2 fully saturated rings. The molecule has 1 aromatic carbocycles. The Balaban J connectivity index is 2.02. The van der Waals surface area contributed by atoms with Crippen LogP contribution in [0, 0.1) is 0 Å². The first-order valence-corrected chi connectivity index (χ1v) is 6.67. The second kappa shape index (κ2) is 5.73. The van der Waals surface area contributed by atoms with Gasteiger partial charge >= 0.3 is 0 Å². The number of hydrogen-bond donors (Lipinski definition) is 1. The van der Waals surface area contributed by atoms with Crippen molar-refractivity contribution in [3.05, 3.63) is 23.8 Å². The molecule has 4 heteroatoms. The van der Waals surface area contributed by atoms with Crippen LogP contribution >= 0.6 is 0 Å². The van der Waals surface area contributed by atoms with Gasteiger partial charge in [-0.25, -0.2) is 0 Å². The summed E-state index contributed by atoms with van der Waals surface area (Å²) in [6.45, 7) is -0.232. The van der Waals surface area contributed by atoms with Gasteiger partial charge in [0.2, 0.25) is 5.91 Å². The van der Waals surface area contributed by atoms with Gasteiger partial charge in [-0.05, 0) is 43.4 Å². The third kappa shape index (κ3) is 2.74. The van der Waals surface area contributed by atoms with Gasteiger partial charge in [-0.15, -0.1) is 0 Å². The Morgan fingerprint density at radius 1 is 1.40 bits per heavy atom. The number of benzene rings is 1. The van der Waals surface area contributed by atoms with Crippen molar-refractivity contribution in [2.75, 3.05) is 13.6 Å². The molecule has 2 aliphatic rings. The molecule has 1 amide bonds. The molecule has 3 rings (SSSR count). The molecule has 1 unspecified atom stereocenters. The van der Waals surface area contributed by atoms with Crippen molar-refractivity contribution in [2.24, 2.45) is 0 Å². The quantitative estimate of drug-likeness (QED) is 0.923. The number of rotatable bonds is 4. The van der Waals surface area contributed by atoms with Gasteiger partial charge in [0, 0.05) is 22.9 Å². The number of carbonyl (C=O) groups excluding carboxylic acids is 1. The molecule has 20 heavy (non-hydrogen) atoms. The van der Waals surface area contributed by atoms with Gasteiger partial charge in [0.05, 0.1) is 18.6 Å². The molecule has 1 aromatic rings. The van der Waals surface area contributed by atoms with Crippen molar-refractivity contribution < 1.29 is 23.9 Å². The van der Waals surface area contributed by atoms with Crippen LogP contribution in [0.1, 0.15) is 53.1 Å². The summed E-state index contributed by atoms with van der Waals surface area (Å²) in [4.78, 5) is 11.8. The van der Waals surface area contributed by atoms with Crippen molar-refractivity contribution >= 4 is 5.91 Å². The highest BCUT2D eigenvalue weighted by Gasteiger charge is 2.25. The average molecular weight is 282 g/mol. The van der Waals surface area contributed by atoms with Crippen LogP contribution in [-0.4, -0.2) is 25.6 Å². The van der Waals surface area contributed by atoms with E-state index in [2.05, 4.69) is 5.32 Å². The third-order valence-corrected chi connectivity index (χ3v) is 3.51. The highest BCUT2D eigenvalue weighted by atomic mass is 16.5. The Hall–Kier alpha value is -1.71. The Bertz CT molecular complexity index is 746. The van der Waals surface area contributed by atoms with E-state index in [9.17, 15) is 4.79 Å². The fourth-order valence-electron chi connectivity index (χ4n) is 2.46. The predicted octanol–water partition coefficient (Wildman–Crippen LogP) is 2.62. The van der Waals surface area contributed by atoms with E-state index in [4.69, 9.17) is 19.1 Å². The fraction of sp³-hybridized carbons (Fsp3) is 0.562. The summed E-state index contributed by atoms with van der Waals surface area (Å²) in [7, 11) is -2.73. The molecule has 1 atom stereocenters. The van der Waals surface area contributed by atoms with Gasteiger partial charge in [-0.3, -0.25) is 4.79 Å². The number of nitrogens with one attached hydrogen (secondary N) is 1. The lowest BCUT2D eigenvalue weighted by molar-refractivity contribution is -0.119. The lowest BCUT2D eigenvalue weighted by Gasteiger charge is -2.18. The molecule has 0 bridgehead atoms. The van der Waals surface area contributed by atoms with E-state index >= 15 is 0 Å². The predicted molar refractivity (Wildman–Crippen MR) is 76.2 cm³/mol. The maximum atomic E-state index is 11.8. The Morgan fingerprint density at radius 2 is 2.25 bits per heavy atom. The minimum absolute atomic E-state index is 0.0395. The number of amides is 1. The van der Waals surface area contributed by atoms with Gasteiger partial charge in [0.25, 0.3) is 0 Å². The summed E-state index contributed by atoms with van der Waals surface area (Å²) in [5.41, 5.74) is 0.139. The molecule has 1 saturated carbocycles. The first-order chi connectivity index (χ1) is 12.4. The van der Waals surface area contributed by atoms with Crippen molar-refractivity contribution in [1.82, 2.24) is 5.32 Å². The van der Waals surface area contributed by atoms with E-state index in [1.165, 1.54) is 18.2 Å². The number of methoxy groups -OCH3 is 1. The number of hydrogen-bond acceptors (Lipinski definition) is 3. The second-order valence-electron chi connectivity index (χ2n) is 4.90. The van der Waals surface area contributed by atoms with Crippen LogP contribution in [0.15, 0.2) is 18.2 Å². The van der Waals surface area contributed by atoms with Crippen LogP contribution in [0.2, 0.25) is 0 Å².